The third-order valence-corrected chi connectivity index (χ3v) is 2.25. The molecule has 0 N–H and O–H groups in total. The summed E-state index contributed by atoms with van der Waals surface area (Å²) in [6, 6.07) is -0.155. The van der Waals surface area contributed by atoms with E-state index in [2.05, 4.69) is 13.8 Å². The van der Waals surface area contributed by atoms with Crippen molar-refractivity contribution >= 4 is 11.7 Å². The van der Waals surface area contributed by atoms with Gasteiger partial charge in [0.2, 0.25) is 5.91 Å². The lowest BCUT2D eigenvalue weighted by Gasteiger charge is -2.19. The maximum atomic E-state index is 11.3. The lowest BCUT2D eigenvalue weighted by molar-refractivity contribution is -0.127. The summed E-state index contributed by atoms with van der Waals surface area (Å²) < 4.78 is 0. The Hall–Kier alpha value is -0.860. The number of amides is 1. The molecule has 0 aliphatic carbocycles. The van der Waals surface area contributed by atoms with Gasteiger partial charge in [-0.1, -0.05) is 13.8 Å². The van der Waals surface area contributed by atoms with Gasteiger partial charge in [0.05, 0.1) is 12.5 Å². The second kappa shape index (κ2) is 3.25. The number of hydrogen-bond acceptors (Lipinski definition) is 2. The fraction of sp³-hybridized carbons (Fsp3) is 0.778. The van der Waals surface area contributed by atoms with Gasteiger partial charge in [0, 0.05) is 7.05 Å². The van der Waals surface area contributed by atoms with E-state index < -0.39 is 0 Å². The molecule has 1 unspecified atom stereocenters. The minimum absolute atomic E-state index is 0.0364. The van der Waals surface area contributed by atoms with Crippen LogP contribution in [-0.2, 0) is 9.59 Å². The summed E-state index contributed by atoms with van der Waals surface area (Å²) in [6.45, 7) is 4.12. The molecule has 1 aliphatic rings. The van der Waals surface area contributed by atoms with Crippen molar-refractivity contribution in [1.82, 2.24) is 4.90 Å². The number of hydrogen-bond donors (Lipinski definition) is 0. The van der Waals surface area contributed by atoms with E-state index in [-0.39, 0.29) is 24.2 Å². The van der Waals surface area contributed by atoms with E-state index in [1.807, 2.05) is 0 Å². The highest BCUT2D eigenvalue weighted by atomic mass is 16.2. The Balaban J connectivity index is 2.63. The van der Waals surface area contributed by atoms with E-state index >= 15 is 0 Å². The van der Waals surface area contributed by atoms with E-state index in [0.717, 1.165) is 6.42 Å². The zero-order valence-electron chi connectivity index (χ0n) is 7.83. The Kier molecular flexibility index (Phi) is 2.50. The number of carbonyl (C=O) groups excluding carboxylic acids is 2. The number of likely N-dealkylation sites (N-methyl/N-ethyl adjacent to an activating group) is 1. The first kappa shape index (κ1) is 9.23. The first-order valence-electron chi connectivity index (χ1n) is 4.30. The quantitative estimate of drug-likeness (QED) is 0.574. The van der Waals surface area contributed by atoms with Gasteiger partial charge in [-0.2, -0.15) is 0 Å². The molecule has 0 spiro atoms. The lowest BCUT2D eigenvalue weighted by Crippen LogP contribution is -2.32. The first-order chi connectivity index (χ1) is 5.52. The Bertz CT molecular complexity index is 211. The number of ketones is 1. The number of likely N-dealkylation sites (tertiary alicyclic amines) is 1. The molecule has 0 radical (unpaired) electrons. The molecule has 12 heavy (non-hydrogen) atoms. The molecule has 0 aromatic rings. The number of nitrogens with zero attached hydrogens (tertiary/aromatic N) is 1. The van der Waals surface area contributed by atoms with Gasteiger partial charge < -0.3 is 4.90 Å². The average Bonchev–Trinajstić information content (AvgIpc) is 2.16. The van der Waals surface area contributed by atoms with Gasteiger partial charge in [0.15, 0.2) is 5.78 Å². The van der Waals surface area contributed by atoms with Gasteiger partial charge in [-0.15, -0.1) is 0 Å². The molecule has 1 atom stereocenters. The van der Waals surface area contributed by atoms with Gasteiger partial charge in [-0.25, -0.2) is 0 Å². The number of rotatable bonds is 2. The van der Waals surface area contributed by atoms with E-state index in [4.69, 9.17) is 0 Å². The van der Waals surface area contributed by atoms with Gasteiger partial charge >= 0.3 is 0 Å². The predicted octanol–water partition coefficient (Wildman–Crippen LogP) is 0.832. The molecule has 3 heteroatoms. The monoisotopic (exact) mass is 169 g/mol. The first-order valence-corrected chi connectivity index (χ1v) is 4.30. The number of carbonyl (C=O) groups is 2. The summed E-state index contributed by atoms with van der Waals surface area (Å²) >= 11 is 0. The third-order valence-electron chi connectivity index (χ3n) is 2.25. The maximum absolute atomic E-state index is 11.3. The Morgan fingerprint density at radius 3 is 2.42 bits per heavy atom. The number of Topliss-reactive ketones (excluding diaryl/α,β-unsaturated/α-hetero) is 1. The van der Waals surface area contributed by atoms with Crippen LogP contribution < -0.4 is 0 Å². The fourth-order valence-corrected chi connectivity index (χ4v) is 1.52. The van der Waals surface area contributed by atoms with Crippen molar-refractivity contribution in [3.8, 4) is 0 Å². The van der Waals surface area contributed by atoms with Crippen molar-refractivity contribution in [2.24, 2.45) is 5.92 Å². The molecule has 0 aromatic carbocycles. The largest absolute Gasteiger partial charge is 0.335 e. The van der Waals surface area contributed by atoms with E-state index in [1.165, 1.54) is 0 Å². The standard InChI is InChI=1S/C9H15NO2/c1-6(2)4-7-8(11)5-9(12)10(7)3/h6-7H,4-5H2,1-3H3. The molecule has 1 heterocycles. The molecule has 3 nitrogen and oxygen atoms in total. The van der Waals surface area contributed by atoms with Gasteiger partial charge in [-0.05, 0) is 12.3 Å². The minimum Gasteiger partial charge on any atom is -0.335 e. The van der Waals surface area contributed by atoms with E-state index in [0.29, 0.717) is 5.92 Å². The second-order valence-electron chi connectivity index (χ2n) is 3.79. The van der Waals surface area contributed by atoms with Crippen molar-refractivity contribution in [3.05, 3.63) is 0 Å². The predicted molar refractivity (Wildman–Crippen MR) is 45.6 cm³/mol. The van der Waals surface area contributed by atoms with Crippen LogP contribution in [0.4, 0.5) is 0 Å². The Labute approximate surface area is 72.7 Å². The summed E-state index contributed by atoms with van der Waals surface area (Å²) in [4.78, 5) is 23.9. The van der Waals surface area contributed by atoms with Crippen LogP contribution in [0.2, 0.25) is 0 Å². The maximum Gasteiger partial charge on any atom is 0.230 e. The third kappa shape index (κ3) is 1.65. The summed E-state index contributed by atoms with van der Waals surface area (Å²) in [6.07, 6.45) is 0.898. The molecular formula is C9H15NO2. The molecule has 0 aromatic heterocycles. The highest BCUT2D eigenvalue weighted by Gasteiger charge is 2.35. The topological polar surface area (TPSA) is 37.4 Å². The smallest absolute Gasteiger partial charge is 0.230 e. The van der Waals surface area contributed by atoms with Crippen molar-refractivity contribution in [2.75, 3.05) is 7.05 Å². The van der Waals surface area contributed by atoms with Crippen LogP contribution in [0.5, 0.6) is 0 Å². The molecule has 1 fully saturated rings. The van der Waals surface area contributed by atoms with Crippen molar-refractivity contribution < 1.29 is 9.59 Å². The van der Waals surface area contributed by atoms with Gasteiger partial charge in [-0.3, -0.25) is 9.59 Å². The summed E-state index contributed by atoms with van der Waals surface area (Å²) in [5.41, 5.74) is 0. The lowest BCUT2D eigenvalue weighted by atomic mass is 10.0. The van der Waals surface area contributed by atoms with Gasteiger partial charge in [0.25, 0.3) is 0 Å². The summed E-state index contributed by atoms with van der Waals surface area (Å²) in [7, 11) is 1.71. The zero-order valence-corrected chi connectivity index (χ0v) is 7.83. The molecule has 1 rings (SSSR count). The average molecular weight is 169 g/mol. The summed E-state index contributed by atoms with van der Waals surface area (Å²) in [5.74, 6) is 0.508. The van der Waals surface area contributed by atoms with Crippen molar-refractivity contribution in [1.29, 1.82) is 0 Å². The van der Waals surface area contributed by atoms with Crippen molar-refractivity contribution in [2.45, 2.75) is 32.7 Å². The molecule has 1 saturated heterocycles. The Morgan fingerprint density at radius 1 is 1.50 bits per heavy atom. The molecule has 68 valence electrons. The van der Waals surface area contributed by atoms with Crippen LogP contribution in [0.3, 0.4) is 0 Å². The van der Waals surface area contributed by atoms with Crippen LogP contribution in [0, 0.1) is 5.92 Å². The molecule has 0 saturated carbocycles. The highest BCUT2D eigenvalue weighted by molar-refractivity contribution is 6.07. The van der Waals surface area contributed by atoms with E-state index in [1.54, 1.807) is 11.9 Å². The highest BCUT2D eigenvalue weighted by Crippen LogP contribution is 2.19. The van der Waals surface area contributed by atoms with Crippen LogP contribution >= 0.6 is 0 Å². The molecule has 1 aliphatic heterocycles. The Morgan fingerprint density at radius 2 is 2.08 bits per heavy atom. The van der Waals surface area contributed by atoms with Gasteiger partial charge in [0.1, 0.15) is 0 Å². The van der Waals surface area contributed by atoms with Crippen molar-refractivity contribution in [3.63, 3.8) is 0 Å². The second-order valence-corrected chi connectivity index (χ2v) is 3.79. The molecule has 0 bridgehead atoms. The normalized spacial score (nSPS) is 24.3. The van der Waals surface area contributed by atoms with Crippen LogP contribution in [0.1, 0.15) is 26.7 Å². The fourth-order valence-electron chi connectivity index (χ4n) is 1.52. The molecular weight excluding hydrogens is 154 g/mol. The zero-order chi connectivity index (χ0) is 9.30. The van der Waals surface area contributed by atoms with E-state index in [9.17, 15) is 9.59 Å². The minimum atomic E-state index is -0.155. The van der Waals surface area contributed by atoms with Crippen LogP contribution in [0.15, 0.2) is 0 Å². The van der Waals surface area contributed by atoms with Crippen LogP contribution in [0.25, 0.3) is 0 Å². The summed E-state index contributed by atoms with van der Waals surface area (Å²) in [5, 5.41) is 0. The SMILES string of the molecule is CC(C)CC1C(=O)CC(=O)N1C. The van der Waals surface area contributed by atoms with Crippen LogP contribution in [-0.4, -0.2) is 29.7 Å². The molecule has 1 amide bonds.